The molecular formula is C9H14ClNO2. The molecule has 0 aromatic heterocycles. The van der Waals surface area contributed by atoms with Gasteiger partial charge in [-0.2, -0.15) is 0 Å². The molecule has 3 nitrogen and oxygen atoms in total. The molecule has 0 amide bonds. The van der Waals surface area contributed by atoms with Crippen molar-refractivity contribution in [3.63, 3.8) is 0 Å². The summed E-state index contributed by atoms with van der Waals surface area (Å²) in [6, 6.07) is 0. The van der Waals surface area contributed by atoms with Gasteiger partial charge in [-0.3, -0.25) is 0 Å². The van der Waals surface area contributed by atoms with Crippen LogP contribution in [0.25, 0.3) is 0 Å². The Morgan fingerprint density at radius 3 is 3.31 bits per heavy atom. The Kier molecular flexibility index (Phi) is 4.86. The lowest BCUT2D eigenvalue weighted by Crippen LogP contribution is -2.23. The van der Waals surface area contributed by atoms with E-state index in [0.29, 0.717) is 6.61 Å². The minimum Gasteiger partial charge on any atom is -0.392 e. The predicted molar refractivity (Wildman–Crippen MR) is 53.0 cm³/mol. The lowest BCUT2D eigenvalue weighted by molar-refractivity contribution is 0.0599. The van der Waals surface area contributed by atoms with Crippen LogP contribution in [0.4, 0.5) is 0 Å². The summed E-state index contributed by atoms with van der Waals surface area (Å²) in [5.74, 6) is 0. The smallest absolute Gasteiger partial charge is 0.136 e. The van der Waals surface area contributed by atoms with Crippen LogP contribution >= 0.6 is 11.6 Å². The maximum Gasteiger partial charge on any atom is 0.136 e. The molecule has 0 saturated carbocycles. The zero-order valence-electron chi connectivity index (χ0n) is 7.70. The van der Waals surface area contributed by atoms with Crippen LogP contribution in [0, 0.1) is 0 Å². The molecule has 1 aliphatic heterocycles. The number of nitrogens with zero attached hydrogens (tertiary/aromatic N) is 1. The van der Waals surface area contributed by atoms with E-state index in [4.69, 9.17) is 21.2 Å². The molecule has 1 heterocycles. The number of oxime groups is 1. The summed E-state index contributed by atoms with van der Waals surface area (Å²) >= 11 is 5.32. The average molecular weight is 204 g/mol. The summed E-state index contributed by atoms with van der Waals surface area (Å²) < 4.78 is 5.36. The van der Waals surface area contributed by atoms with Crippen molar-refractivity contribution in [1.82, 2.24) is 0 Å². The molecule has 1 fully saturated rings. The first-order chi connectivity index (χ1) is 6.33. The molecule has 0 aromatic rings. The largest absolute Gasteiger partial charge is 0.392 e. The van der Waals surface area contributed by atoms with Crippen molar-refractivity contribution in [2.75, 3.05) is 13.2 Å². The van der Waals surface area contributed by atoms with Crippen LogP contribution in [0.15, 0.2) is 16.8 Å². The normalized spacial score (nSPS) is 26.9. The second-order valence-electron chi connectivity index (χ2n) is 2.95. The lowest BCUT2D eigenvalue weighted by Gasteiger charge is -2.19. The molecule has 4 heteroatoms. The summed E-state index contributed by atoms with van der Waals surface area (Å²) in [5, 5.41) is 4.00. The van der Waals surface area contributed by atoms with Gasteiger partial charge in [-0.25, -0.2) is 0 Å². The Balaban J connectivity index is 2.24. The Labute approximate surface area is 83.3 Å². The van der Waals surface area contributed by atoms with Crippen molar-refractivity contribution in [2.24, 2.45) is 5.16 Å². The van der Waals surface area contributed by atoms with Gasteiger partial charge < -0.3 is 9.57 Å². The third-order valence-electron chi connectivity index (χ3n) is 1.77. The minimum atomic E-state index is 0.264. The molecule has 1 unspecified atom stereocenters. The molecule has 1 saturated heterocycles. The first-order valence-corrected chi connectivity index (χ1v) is 4.81. The zero-order valence-corrected chi connectivity index (χ0v) is 8.46. The van der Waals surface area contributed by atoms with Crippen LogP contribution in [0.2, 0.25) is 0 Å². The van der Waals surface area contributed by atoms with Gasteiger partial charge in [-0.15, -0.1) is 0 Å². The van der Waals surface area contributed by atoms with Crippen molar-refractivity contribution in [3.05, 3.63) is 11.6 Å². The van der Waals surface area contributed by atoms with Crippen molar-refractivity contribution >= 4 is 17.3 Å². The molecule has 74 valence electrons. The second-order valence-corrected chi connectivity index (χ2v) is 3.20. The molecule has 0 spiro atoms. The third-order valence-corrected chi connectivity index (χ3v) is 1.95. The van der Waals surface area contributed by atoms with Gasteiger partial charge in [0.15, 0.2) is 0 Å². The Bertz CT molecular complexity index is 204. The van der Waals surface area contributed by atoms with E-state index >= 15 is 0 Å². The molecule has 1 rings (SSSR count). The van der Waals surface area contributed by atoms with E-state index in [9.17, 15) is 0 Å². The van der Waals surface area contributed by atoms with E-state index in [-0.39, 0.29) is 6.10 Å². The Morgan fingerprint density at radius 1 is 1.77 bits per heavy atom. The number of hydrogen-bond donors (Lipinski definition) is 0. The number of hydrogen-bond acceptors (Lipinski definition) is 3. The maximum atomic E-state index is 5.36. The van der Waals surface area contributed by atoms with Gasteiger partial charge in [0.25, 0.3) is 0 Å². The standard InChI is InChI=1S/C9H14ClNO2/c1-8-7-9(3-6-12-8)11-13-5-2-4-10/h2,4,8H,3,5-7H2,1H3/b4-2+,11-9+. The molecule has 1 atom stereocenters. The van der Waals surface area contributed by atoms with Crippen LogP contribution in [-0.4, -0.2) is 25.0 Å². The van der Waals surface area contributed by atoms with Gasteiger partial charge in [0.05, 0.1) is 18.4 Å². The highest BCUT2D eigenvalue weighted by Crippen LogP contribution is 2.10. The van der Waals surface area contributed by atoms with Crippen LogP contribution in [0.5, 0.6) is 0 Å². The van der Waals surface area contributed by atoms with Crippen molar-refractivity contribution in [1.29, 1.82) is 0 Å². The van der Waals surface area contributed by atoms with Gasteiger partial charge in [-0.05, 0) is 13.0 Å². The van der Waals surface area contributed by atoms with Gasteiger partial charge in [-0.1, -0.05) is 16.8 Å². The Hall–Kier alpha value is -0.540. The van der Waals surface area contributed by atoms with E-state index in [1.807, 2.05) is 6.92 Å². The van der Waals surface area contributed by atoms with E-state index in [1.54, 1.807) is 6.08 Å². The molecule has 0 aliphatic carbocycles. The average Bonchev–Trinajstić information content (AvgIpc) is 2.13. The van der Waals surface area contributed by atoms with Gasteiger partial charge in [0, 0.05) is 18.4 Å². The topological polar surface area (TPSA) is 30.8 Å². The van der Waals surface area contributed by atoms with Crippen LogP contribution in [0.3, 0.4) is 0 Å². The summed E-state index contributed by atoms with van der Waals surface area (Å²) in [5.41, 5.74) is 2.49. The van der Waals surface area contributed by atoms with E-state index in [1.165, 1.54) is 5.54 Å². The molecule has 0 radical (unpaired) electrons. The van der Waals surface area contributed by atoms with Gasteiger partial charge >= 0.3 is 0 Å². The monoisotopic (exact) mass is 203 g/mol. The SMILES string of the molecule is CC1C/C(=N/OC/C=C/Cl)CCO1. The van der Waals surface area contributed by atoms with Gasteiger partial charge in [0.2, 0.25) is 0 Å². The third kappa shape index (κ3) is 4.29. The molecule has 0 aromatic carbocycles. The highest BCUT2D eigenvalue weighted by atomic mass is 35.5. The molecule has 1 aliphatic rings. The maximum absolute atomic E-state index is 5.36. The first-order valence-electron chi connectivity index (χ1n) is 4.37. The van der Waals surface area contributed by atoms with E-state index < -0.39 is 0 Å². The fourth-order valence-electron chi connectivity index (χ4n) is 1.16. The number of halogens is 1. The number of rotatable bonds is 3. The highest BCUT2D eigenvalue weighted by Gasteiger charge is 2.14. The highest BCUT2D eigenvalue weighted by molar-refractivity contribution is 6.25. The van der Waals surface area contributed by atoms with E-state index in [2.05, 4.69) is 5.16 Å². The second kappa shape index (κ2) is 6.00. The van der Waals surface area contributed by atoms with Crippen LogP contribution < -0.4 is 0 Å². The number of ether oxygens (including phenoxy) is 1. The summed E-state index contributed by atoms with van der Waals surface area (Å²) in [6.07, 6.45) is 3.70. The zero-order chi connectivity index (χ0) is 9.52. The van der Waals surface area contributed by atoms with Crippen molar-refractivity contribution < 1.29 is 9.57 Å². The summed E-state index contributed by atoms with van der Waals surface area (Å²) in [6.45, 7) is 3.21. The quantitative estimate of drug-likeness (QED) is 0.521. The molecule has 0 bridgehead atoms. The summed E-state index contributed by atoms with van der Waals surface area (Å²) in [7, 11) is 0. The van der Waals surface area contributed by atoms with E-state index in [0.717, 1.165) is 25.2 Å². The minimum absolute atomic E-state index is 0.264. The van der Waals surface area contributed by atoms with Crippen LogP contribution in [0.1, 0.15) is 19.8 Å². The molecular weight excluding hydrogens is 190 g/mol. The van der Waals surface area contributed by atoms with Crippen molar-refractivity contribution in [3.8, 4) is 0 Å². The van der Waals surface area contributed by atoms with Crippen molar-refractivity contribution in [2.45, 2.75) is 25.9 Å². The summed E-state index contributed by atoms with van der Waals surface area (Å²) in [4.78, 5) is 5.02. The molecule has 0 N–H and O–H groups in total. The first kappa shape index (κ1) is 10.5. The molecule has 13 heavy (non-hydrogen) atoms. The van der Waals surface area contributed by atoms with Gasteiger partial charge in [0.1, 0.15) is 6.61 Å². The predicted octanol–water partition coefficient (Wildman–Crippen LogP) is 2.31. The lowest BCUT2D eigenvalue weighted by atomic mass is 10.1. The Morgan fingerprint density at radius 2 is 2.62 bits per heavy atom. The fraction of sp³-hybridized carbons (Fsp3) is 0.667. The van der Waals surface area contributed by atoms with Crippen LogP contribution in [-0.2, 0) is 9.57 Å². The fourth-order valence-corrected chi connectivity index (χ4v) is 1.23.